The Morgan fingerprint density at radius 1 is 0.121 bits per heavy atom. The maximum atomic E-state index is 16.8. The average molecular weight is 1830 g/mol. The quantitative estimate of drug-likeness (QED) is 0.0557. The first kappa shape index (κ1) is 86.1. The van der Waals surface area contributed by atoms with Crippen LogP contribution in [0.3, 0.4) is 0 Å². The van der Waals surface area contributed by atoms with Crippen molar-refractivity contribution in [3.63, 3.8) is 0 Å². The standard InChI is InChI=1S/2C64H40F4N2/c65-55-39-57(67)61(37-53(55)49-27-15-13-25-47(49)41-17-5-1-6-18-41)69(45-21-9-3-10-22-45)59-35-31-43-30-34-52-60(36-32-44-29-33-51(59)63(43)64(44)52)70(46-23-11-4-12-24-46)62-38-54(56(66)40-58(62)68)50-28-16-14-26-48(50)42-19-7-2-8-20-42;65-55-39-57(67)61(37-53(55)47-21-13-19-45(35-47)41-15-5-1-6-16-41)69(49-23-9-3-10-24-49)59-33-29-43-28-32-52-60(34-30-44-27-31-51(59)63(43)64(44)52)70(50-25-11-4-12-26-50)62-38-54(56(66)40-58(62)68)48-22-14-20-46(36-48)42-17-7-2-8-18-42/h2*1-40H. The van der Waals surface area contributed by atoms with Gasteiger partial charge in [-0.3, -0.25) is 0 Å². The molecule has 0 bridgehead atoms. The van der Waals surface area contributed by atoms with E-state index in [0.717, 1.165) is 133 Å². The van der Waals surface area contributed by atoms with Crippen LogP contribution in [0, 0.1) is 46.5 Å². The first-order chi connectivity index (χ1) is 68.8. The average Bonchev–Trinajstić information content (AvgIpc) is 0.718. The lowest BCUT2D eigenvalue weighted by Crippen LogP contribution is -2.14. The van der Waals surface area contributed by atoms with Crippen LogP contribution in [0.2, 0.25) is 0 Å². The Balaban J connectivity index is 0.000000156. The Morgan fingerprint density at radius 3 is 0.600 bits per heavy atom. The molecule has 4 nitrogen and oxygen atoms in total. The zero-order valence-corrected chi connectivity index (χ0v) is 75.0. The number of para-hydroxylation sites is 4. The van der Waals surface area contributed by atoms with Crippen molar-refractivity contribution in [2.75, 3.05) is 19.6 Å². The van der Waals surface area contributed by atoms with Crippen LogP contribution in [0.4, 0.5) is 103 Å². The van der Waals surface area contributed by atoms with Crippen molar-refractivity contribution in [1.29, 1.82) is 0 Å². The van der Waals surface area contributed by atoms with Crippen LogP contribution in [-0.4, -0.2) is 0 Å². The third kappa shape index (κ3) is 15.8. The van der Waals surface area contributed by atoms with Crippen LogP contribution in [0.15, 0.2) is 485 Å². The highest BCUT2D eigenvalue weighted by Crippen LogP contribution is 2.54. The summed E-state index contributed by atoms with van der Waals surface area (Å²) in [7, 11) is 0. The van der Waals surface area contributed by atoms with E-state index in [1.165, 1.54) is 0 Å². The predicted molar refractivity (Wildman–Crippen MR) is 562 cm³/mol. The van der Waals surface area contributed by atoms with Gasteiger partial charge in [0.2, 0.25) is 0 Å². The molecule has 12 heteroatoms. The summed E-state index contributed by atoms with van der Waals surface area (Å²) in [6, 6.07) is 151. The highest BCUT2D eigenvalue weighted by molar-refractivity contribution is 6.30. The lowest BCUT2D eigenvalue weighted by molar-refractivity contribution is 0.586. The fourth-order valence-corrected chi connectivity index (χ4v) is 20.1. The number of anilines is 12. The summed E-state index contributed by atoms with van der Waals surface area (Å²) in [5.74, 6) is -5.57. The zero-order valence-electron chi connectivity index (χ0n) is 75.0. The third-order valence-corrected chi connectivity index (χ3v) is 26.5. The summed E-state index contributed by atoms with van der Waals surface area (Å²) in [5, 5.41) is 10.7. The summed E-state index contributed by atoms with van der Waals surface area (Å²) in [6.45, 7) is 0. The number of hydrogen-bond donors (Lipinski definition) is 0. The van der Waals surface area contributed by atoms with Gasteiger partial charge < -0.3 is 19.6 Å². The second-order valence-electron chi connectivity index (χ2n) is 34.7. The van der Waals surface area contributed by atoms with Crippen molar-refractivity contribution < 1.29 is 35.1 Å². The SMILES string of the molecule is Fc1cc(F)c(N(c2ccccc2)c2ccc3ccc4c(N(c5ccccc5)c5cc(-c6cccc(-c7ccccc7)c6)c(F)cc5F)ccc5ccc2c3c54)cc1-c1cccc(-c2ccccc2)c1.Fc1cc(F)c(N(c2ccccc2)c2ccc3ccc4c(N(c5ccccc5)c5cc(-c6ccccc6-c6ccccc6)c(F)cc5F)ccc5ccc2c3c54)cc1-c1ccccc1-c1ccccc1. The number of benzene rings is 24. The molecule has 24 aromatic carbocycles. The van der Waals surface area contributed by atoms with Crippen LogP contribution in [0.5, 0.6) is 0 Å². The van der Waals surface area contributed by atoms with Crippen molar-refractivity contribution in [1.82, 2.24) is 0 Å². The Kier molecular flexibility index (Phi) is 22.6. The van der Waals surface area contributed by atoms with Gasteiger partial charge in [0.05, 0.1) is 45.5 Å². The molecule has 0 amide bonds. The van der Waals surface area contributed by atoms with Crippen molar-refractivity contribution in [2.45, 2.75) is 0 Å². The first-order valence-electron chi connectivity index (χ1n) is 46.2. The largest absolute Gasteiger partial charge is 0.307 e. The number of rotatable bonds is 20. The van der Waals surface area contributed by atoms with Crippen molar-refractivity contribution in [3.8, 4) is 89.0 Å². The molecule has 0 aliphatic carbocycles. The molecule has 24 rings (SSSR count). The summed E-state index contributed by atoms with van der Waals surface area (Å²) >= 11 is 0. The van der Waals surface area contributed by atoms with Crippen LogP contribution in [0.1, 0.15) is 0 Å². The summed E-state index contributed by atoms with van der Waals surface area (Å²) in [4.78, 5) is 7.42. The molecular weight excluding hydrogens is 1750 g/mol. The maximum absolute atomic E-state index is 16.8. The zero-order chi connectivity index (χ0) is 94.6. The van der Waals surface area contributed by atoms with Crippen LogP contribution >= 0.6 is 0 Å². The molecule has 0 saturated heterocycles. The lowest BCUT2D eigenvalue weighted by Gasteiger charge is -2.30. The number of nitrogens with zero attached hydrogens (tertiary/aromatic N) is 4. The minimum atomic E-state index is -0.721. The smallest absolute Gasteiger partial charge is 0.150 e. The van der Waals surface area contributed by atoms with Gasteiger partial charge in [-0.25, -0.2) is 35.1 Å². The molecule has 0 N–H and O–H groups in total. The van der Waals surface area contributed by atoms with E-state index in [-0.39, 0.29) is 45.0 Å². The normalized spacial score (nSPS) is 11.4. The van der Waals surface area contributed by atoms with E-state index in [9.17, 15) is 0 Å². The molecule has 0 spiro atoms. The Bertz CT molecular complexity index is 8270. The fourth-order valence-electron chi connectivity index (χ4n) is 20.1. The molecule has 0 atom stereocenters. The molecule has 0 fully saturated rings. The van der Waals surface area contributed by atoms with Crippen molar-refractivity contribution in [2.24, 2.45) is 0 Å². The van der Waals surface area contributed by atoms with E-state index < -0.39 is 46.5 Å². The second kappa shape index (κ2) is 36.7. The van der Waals surface area contributed by atoms with E-state index in [4.69, 9.17) is 0 Å². The Morgan fingerprint density at radius 2 is 0.329 bits per heavy atom. The summed E-state index contributed by atoms with van der Waals surface area (Å²) < 4.78 is 132. The number of hydrogen-bond acceptors (Lipinski definition) is 4. The summed E-state index contributed by atoms with van der Waals surface area (Å²) in [6.07, 6.45) is 0. The minimum absolute atomic E-state index is 0.174. The van der Waals surface area contributed by atoms with Crippen LogP contribution in [0.25, 0.3) is 154 Å². The molecule has 668 valence electrons. The highest BCUT2D eigenvalue weighted by Gasteiger charge is 2.32. The third-order valence-electron chi connectivity index (χ3n) is 26.5. The Hall–Kier alpha value is -18.0. The van der Waals surface area contributed by atoms with Gasteiger partial charge in [0.1, 0.15) is 46.5 Å². The van der Waals surface area contributed by atoms with Gasteiger partial charge in [0.25, 0.3) is 0 Å². The molecule has 140 heavy (non-hydrogen) atoms. The van der Waals surface area contributed by atoms with Gasteiger partial charge >= 0.3 is 0 Å². The monoisotopic (exact) mass is 1820 g/mol. The molecule has 0 heterocycles. The van der Waals surface area contributed by atoms with Crippen molar-refractivity contribution >= 4 is 133 Å². The molecule has 0 aliphatic rings. The van der Waals surface area contributed by atoms with E-state index >= 15 is 35.1 Å². The Labute approximate surface area is 803 Å². The summed E-state index contributed by atoms with van der Waals surface area (Å²) in [5.41, 5.74) is 17.0. The maximum Gasteiger partial charge on any atom is 0.150 e. The topological polar surface area (TPSA) is 13.0 Å². The van der Waals surface area contributed by atoms with Gasteiger partial charge in [-0.2, -0.15) is 0 Å². The van der Waals surface area contributed by atoms with Gasteiger partial charge in [-0.1, -0.05) is 352 Å². The van der Waals surface area contributed by atoms with Crippen molar-refractivity contribution in [3.05, 3.63) is 532 Å². The van der Waals surface area contributed by atoms with Gasteiger partial charge in [0, 0.05) is 90.8 Å². The number of halogens is 8. The molecule has 0 saturated carbocycles. The molecular formula is C128H80F8N4. The molecule has 24 aromatic rings. The first-order valence-corrected chi connectivity index (χ1v) is 46.2. The minimum Gasteiger partial charge on any atom is -0.307 e. The second-order valence-corrected chi connectivity index (χ2v) is 34.7. The van der Waals surface area contributed by atoms with E-state index in [1.54, 1.807) is 24.3 Å². The van der Waals surface area contributed by atoms with Crippen LogP contribution in [-0.2, 0) is 0 Å². The van der Waals surface area contributed by atoms with Gasteiger partial charge in [-0.15, -0.1) is 0 Å². The van der Waals surface area contributed by atoms with E-state index in [0.29, 0.717) is 67.8 Å². The molecule has 0 aliphatic heterocycles. The lowest BCUT2D eigenvalue weighted by atomic mass is 9.91. The van der Waals surface area contributed by atoms with E-state index in [1.807, 2.05) is 456 Å². The highest BCUT2D eigenvalue weighted by atomic mass is 19.2. The molecule has 0 radical (unpaired) electrons. The molecule has 0 aromatic heterocycles. The predicted octanol–water partition coefficient (Wildman–Crippen LogP) is 37.5. The molecule has 0 unspecified atom stereocenters. The fraction of sp³-hybridized carbons (Fsp3) is 0. The van der Waals surface area contributed by atoms with E-state index in [2.05, 4.69) is 0 Å². The van der Waals surface area contributed by atoms with Gasteiger partial charge in [-0.05, 0) is 219 Å². The van der Waals surface area contributed by atoms with Gasteiger partial charge in [0.15, 0.2) is 0 Å². The van der Waals surface area contributed by atoms with Crippen LogP contribution < -0.4 is 19.6 Å².